The molecule has 0 aliphatic carbocycles. The van der Waals surface area contributed by atoms with E-state index in [1.54, 1.807) is 25.3 Å². The van der Waals surface area contributed by atoms with E-state index in [4.69, 9.17) is 4.74 Å². The predicted octanol–water partition coefficient (Wildman–Crippen LogP) is 3.17. The quantitative estimate of drug-likeness (QED) is 0.736. The Morgan fingerprint density at radius 3 is 2.83 bits per heavy atom. The molecule has 0 bridgehead atoms. The van der Waals surface area contributed by atoms with Gasteiger partial charge in [0.1, 0.15) is 15.4 Å². The molecule has 0 saturated carbocycles. The molecule has 0 aliphatic heterocycles. The van der Waals surface area contributed by atoms with Crippen LogP contribution in [0.3, 0.4) is 0 Å². The zero-order chi connectivity index (χ0) is 17.3. The fourth-order valence-electron chi connectivity index (χ4n) is 2.27. The maximum atomic E-state index is 12.4. The van der Waals surface area contributed by atoms with Crippen LogP contribution in [0, 0.1) is 12.8 Å². The van der Waals surface area contributed by atoms with Crippen molar-refractivity contribution in [1.29, 1.82) is 0 Å². The summed E-state index contributed by atoms with van der Waals surface area (Å²) < 4.78 is 5.27. The van der Waals surface area contributed by atoms with Crippen molar-refractivity contribution in [1.82, 2.24) is 15.0 Å². The number of thiophene rings is 1. The normalized spacial score (nSPS) is 11.2. The largest absolute Gasteiger partial charge is 0.461 e. The Kier molecular flexibility index (Phi) is 4.44. The zero-order valence-corrected chi connectivity index (χ0v) is 14.4. The molecular weight excluding hydrogens is 326 g/mol. The number of aryl methyl sites for hydroxylation is 1. The summed E-state index contributed by atoms with van der Waals surface area (Å²) in [4.78, 5) is 37.0. The van der Waals surface area contributed by atoms with Gasteiger partial charge in [-0.15, -0.1) is 11.3 Å². The zero-order valence-electron chi connectivity index (χ0n) is 13.6. The number of carbonyl (C=O) groups excluding carboxylic acids is 1. The summed E-state index contributed by atoms with van der Waals surface area (Å²) in [6.07, 6.45) is 1.63. The Balaban J connectivity index is 2.06. The van der Waals surface area contributed by atoms with Crippen LogP contribution >= 0.6 is 11.3 Å². The van der Waals surface area contributed by atoms with Crippen molar-refractivity contribution < 1.29 is 9.53 Å². The lowest BCUT2D eigenvalue weighted by molar-refractivity contribution is 0.0464. The molecule has 6 nitrogen and oxygen atoms in total. The molecule has 124 valence electrons. The number of carbonyl (C=O) groups is 1. The van der Waals surface area contributed by atoms with Gasteiger partial charge in [-0.25, -0.2) is 9.78 Å². The van der Waals surface area contributed by atoms with Gasteiger partial charge in [-0.3, -0.25) is 9.78 Å². The van der Waals surface area contributed by atoms with E-state index in [-0.39, 0.29) is 11.5 Å². The second-order valence-corrected chi connectivity index (χ2v) is 6.86. The van der Waals surface area contributed by atoms with Crippen molar-refractivity contribution in [3.05, 3.63) is 45.2 Å². The topological polar surface area (TPSA) is 84.9 Å². The Morgan fingerprint density at radius 1 is 1.38 bits per heavy atom. The predicted molar refractivity (Wildman–Crippen MR) is 93.3 cm³/mol. The minimum absolute atomic E-state index is 0.251. The van der Waals surface area contributed by atoms with Crippen molar-refractivity contribution >= 4 is 27.5 Å². The lowest BCUT2D eigenvalue weighted by Crippen LogP contribution is -2.11. The van der Waals surface area contributed by atoms with E-state index < -0.39 is 5.97 Å². The monoisotopic (exact) mass is 343 g/mol. The van der Waals surface area contributed by atoms with Gasteiger partial charge in [0, 0.05) is 6.20 Å². The van der Waals surface area contributed by atoms with Crippen LogP contribution in [0.2, 0.25) is 0 Å². The minimum atomic E-state index is -0.414. The third kappa shape index (κ3) is 3.07. The van der Waals surface area contributed by atoms with Crippen LogP contribution in [0.4, 0.5) is 0 Å². The molecule has 3 aromatic rings. The standard InChI is InChI=1S/C17H17N3O3S/c1-9(2)8-23-17(22)13-10(3)12-15(21)19-14(20-16(12)24-13)11-6-4-5-7-18-11/h4-7,9H,8H2,1-3H3,(H,19,20,21). The van der Waals surface area contributed by atoms with Gasteiger partial charge >= 0.3 is 5.97 Å². The fourth-order valence-corrected chi connectivity index (χ4v) is 3.35. The lowest BCUT2D eigenvalue weighted by atomic mass is 10.2. The van der Waals surface area contributed by atoms with Gasteiger partial charge in [-0.05, 0) is 30.5 Å². The van der Waals surface area contributed by atoms with Crippen LogP contribution in [-0.2, 0) is 4.74 Å². The summed E-state index contributed by atoms with van der Waals surface area (Å²) in [5, 5.41) is 0.427. The number of fused-ring (bicyclic) bond motifs is 1. The van der Waals surface area contributed by atoms with Crippen molar-refractivity contribution in [2.24, 2.45) is 5.92 Å². The van der Waals surface area contributed by atoms with Crippen molar-refractivity contribution in [2.75, 3.05) is 6.61 Å². The number of hydrogen-bond donors (Lipinski definition) is 1. The number of hydrogen-bond acceptors (Lipinski definition) is 6. The fraction of sp³-hybridized carbons (Fsp3) is 0.294. The summed E-state index contributed by atoms with van der Waals surface area (Å²) in [5.74, 6) is 0.223. The number of H-pyrrole nitrogens is 1. The molecule has 0 aliphatic rings. The van der Waals surface area contributed by atoms with Crippen LogP contribution in [0.5, 0.6) is 0 Å². The highest BCUT2D eigenvalue weighted by molar-refractivity contribution is 7.20. The maximum Gasteiger partial charge on any atom is 0.348 e. The van der Waals surface area contributed by atoms with Crippen LogP contribution in [0.1, 0.15) is 29.1 Å². The summed E-state index contributed by atoms with van der Waals surface area (Å²) in [6.45, 7) is 6.02. The smallest absolute Gasteiger partial charge is 0.348 e. The number of pyridine rings is 1. The molecule has 3 rings (SSSR count). The van der Waals surface area contributed by atoms with Crippen LogP contribution in [-0.4, -0.2) is 27.5 Å². The Labute approximate surface area is 142 Å². The molecular formula is C17H17N3O3S. The molecule has 0 fully saturated rings. The van der Waals surface area contributed by atoms with Crippen LogP contribution in [0.15, 0.2) is 29.2 Å². The number of rotatable bonds is 4. The molecule has 0 saturated heterocycles. The van der Waals surface area contributed by atoms with Crippen LogP contribution < -0.4 is 5.56 Å². The SMILES string of the molecule is Cc1c(C(=O)OCC(C)C)sc2nc(-c3ccccn3)[nH]c(=O)c12. The van der Waals surface area contributed by atoms with E-state index in [0.717, 1.165) is 0 Å². The Morgan fingerprint density at radius 2 is 2.17 bits per heavy atom. The van der Waals surface area contributed by atoms with Gasteiger partial charge in [-0.1, -0.05) is 19.9 Å². The second-order valence-electron chi connectivity index (χ2n) is 5.86. The third-order valence-corrected chi connectivity index (χ3v) is 4.61. The molecule has 0 amide bonds. The highest BCUT2D eigenvalue weighted by atomic mass is 32.1. The summed E-state index contributed by atoms with van der Waals surface area (Å²) in [5.41, 5.74) is 0.897. The van der Waals surface area contributed by atoms with Gasteiger partial charge < -0.3 is 9.72 Å². The van der Waals surface area contributed by atoms with Gasteiger partial charge in [-0.2, -0.15) is 0 Å². The van der Waals surface area contributed by atoms with Crippen LogP contribution in [0.25, 0.3) is 21.7 Å². The van der Waals surface area contributed by atoms with E-state index in [0.29, 0.717) is 38.8 Å². The lowest BCUT2D eigenvalue weighted by Gasteiger charge is -2.05. The first kappa shape index (κ1) is 16.3. The number of ether oxygens (including phenoxy) is 1. The number of nitrogens with one attached hydrogen (secondary N) is 1. The molecule has 1 N–H and O–H groups in total. The highest BCUT2D eigenvalue weighted by Crippen LogP contribution is 2.28. The molecule has 24 heavy (non-hydrogen) atoms. The maximum absolute atomic E-state index is 12.4. The molecule has 0 spiro atoms. The molecule has 0 atom stereocenters. The van der Waals surface area contributed by atoms with E-state index in [1.165, 1.54) is 11.3 Å². The molecule has 0 aromatic carbocycles. The Hall–Kier alpha value is -2.54. The van der Waals surface area contributed by atoms with Gasteiger partial charge in [0.2, 0.25) is 0 Å². The first-order chi connectivity index (χ1) is 11.5. The van der Waals surface area contributed by atoms with Crippen molar-refractivity contribution in [3.8, 4) is 11.5 Å². The average Bonchev–Trinajstić information content (AvgIpc) is 2.90. The number of aromatic amines is 1. The summed E-state index contributed by atoms with van der Waals surface area (Å²) in [6, 6.07) is 5.38. The highest BCUT2D eigenvalue weighted by Gasteiger charge is 2.21. The summed E-state index contributed by atoms with van der Waals surface area (Å²) in [7, 11) is 0. The van der Waals surface area contributed by atoms with Crippen molar-refractivity contribution in [3.63, 3.8) is 0 Å². The minimum Gasteiger partial charge on any atom is -0.461 e. The molecule has 0 unspecified atom stereocenters. The number of nitrogens with zero attached hydrogens (tertiary/aromatic N) is 2. The molecule has 3 aromatic heterocycles. The van der Waals surface area contributed by atoms with Gasteiger partial charge in [0.15, 0.2) is 5.82 Å². The third-order valence-electron chi connectivity index (χ3n) is 3.44. The van der Waals surface area contributed by atoms with Gasteiger partial charge in [0.25, 0.3) is 5.56 Å². The number of esters is 1. The van der Waals surface area contributed by atoms with Gasteiger partial charge in [0.05, 0.1) is 12.0 Å². The Bertz CT molecular complexity index is 945. The summed E-state index contributed by atoms with van der Waals surface area (Å²) >= 11 is 1.17. The van der Waals surface area contributed by atoms with E-state index in [9.17, 15) is 9.59 Å². The molecule has 7 heteroatoms. The first-order valence-electron chi connectivity index (χ1n) is 7.59. The molecule has 0 radical (unpaired) electrons. The number of aromatic nitrogens is 3. The average molecular weight is 343 g/mol. The molecule has 3 heterocycles. The van der Waals surface area contributed by atoms with E-state index in [1.807, 2.05) is 19.9 Å². The second kappa shape index (κ2) is 6.52. The first-order valence-corrected chi connectivity index (χ1v) is 8.41. The van der Waals surface area contributed by atoms with Crippen molar-refractivity contribution in [2.45, 2.75) is 20.8 Å². The van der Waals surface area contributed by atoms with E-state index in [2.05, 4.69) is 15.0 Å². The van der Waals surface area contributed by atoms with E-state index >= 15 is 0 Å².